The molecule has 0 spiro atoms. The summed E-state index contributed by atoms with van der Waals surface area (Å²) in [5.74, 6) is -2.13. The van der Waals surface area contributed by atoms with E-state index in [4.69, 9.17) is 11.6 Å². The first-order valence-corrected chi connectivity index (χ1v) is 10.5. The Morgan fingerprint density at radius 1 is 1.06 bits per heavy atom. The Kier molecular flexibility index (Phi) is 5.44. The molecule has 2 aromatic rings. The molecule has 1 unspecified atom stereocenters. The van der Waals surface area contributed by atoms with E-state index in [-0.39, 0.29) is 52.6 Å². The second kappa shape index (κ2) is 7.73. The van der Waals surface area contributed by atoms with E-state index >= 15 is 0 Å². The van der Waals surface area contributed by atoms with Crippen LogP contribution in [0.1, 0.15) is 50.2 Å². The van der Waals surface area contributed by atoms with Gasteiger partial charge in [-0.1, -0.05) is 43.6 Å². The van der Waals surface area contributed by atoms with E-state index in [0.717, 1.165) is 23.1 Å². The van der Waals surface area contributed by atoms with E-state index in [1.807, 2.05) is 13.8 Å². The molecule has 0 saturated heterocycles. The molecule has 8 heteroatoms. The zero-order valence-corrected chi connectivity index (χ0v) is 18.1. The van der Waals surface area contributed by atoms with Crippen LogP contribution >= 0.6 is 11.6 Å². The monoisotopic (exact) mass is 465 g/mol. The van der Waals surface area contributed by atoms with Crippen LogP contribution in [0.3, 0.4) is 0 Å². The normalized spacial score (nSPS) is 21.1. The smallest absolute Gasteiger partial charge is 0.294 e. The molecule has 168 valence electrons. The number of allylic oxidation sites excluding steroid dienone is 2. The molecule has 3 nitrogen and oxygen atoms in total. The van der Waals surface area contributed by atoms with Crippen molar-refractivity contribution in [1.82, 2.24) is 0 Å². The fraction of sp³-hybridized carbons (Fsp3) is 0.333. The van der Waals surface area contributed by atoms with Crippen LogP contribution in [0.5, 0.6) is 0 Å². The number of amides is 1. The van der Waals surface area contributed by atoms with Crippen LogP contribution in [0.2, 0.25) is 5.02 Å². The minimum absolute atomic E-state index is 0.0432. The lowest BCUT2D eigenvalue weighted by Gasteiger charge is -2.43. The highest BCUT2D eigenvalue weighted by Gasteiger charge is 2.45. The second-order valence-corrected chi connectivity index (χ2v) is 9.38. The first kappa shape index (κ1) is 22.5. The number of ketones is 1. The predicted octanol–water partition coefficient (Wildman–Crippen LogP) is 6.66. The molecule has 1 aliphatic heterocycles. The standard InChI is InChI=1S/C24H20ClF4NO2/c1-23(2)11-19-22(20(31)12-23)15(14-5-3-4-6-17(14)26)10-21(32)30(19)18-9-13(24(27,28)29)7-8-16(18)25/h3-9,15H,10-12H2,1-2H3. The third-order valence-electron chi connectivity index (χ3n) is 5.94. The third kappa shape index (κ3) is 3.94. The average molecular weight is 466 g/mol. The second-order valence-electron chi connectivity index (χ2n) is 8.97. The van der Waals surface area contributed by atoms with Gasteiger partial charge in [-0.15, -0.1) is 0 Å². The lowest BCUT2D eigenvalue weighted by molar-refractivity contribution is -0.137. The molecular weight excluding hydrogens is 446 g/mol. The Balaban J connectivity index is 1.95. The van der Waals surface area contributed by atoms with E-state index in [1.54, 1.807) is 6.07 Å². The molecule has 0 bridgehead atoms. The van der Waals surface area contributed by atoms with Gasteiger partial charge in [-0.3, -0.25) is 14.5 Å². The summed E-state index contributed by atoms with van der Waals surface area (Å²) in [7, 11) is 0. The molecule has 0 fully saturated rings. The maximum absolute atomic E-state index is 14.6. The summed E-state index contributed by atoms with van der Waals surface area (Å²) < 4.78 is 54.7. The molecule has 1 amide bonds. The van der Waals surface area contributed by atoms with Crippen molar-refractivity contribution in [3.63, 3.8) is 0 Å². The van der Waals surface area contributed by atoms with E-state index in [2.05, 4.69) is 0 Å². The summed E-state index contributed by atoms with van der Waals surface area (Å²) >= 11 is 6.23. The summed E-state index contributed by atoms with van der Waals surface area (Å²) in [6, 6.07) is 8.67. The quantitative estimate of drug-likeness (QED) is 0.465. The number of carbonyl (C=O) groups is 2. The number of halogens is 5. The largest absolute Gasteiger partial charge is 0.416 e. The first-order chi connectivity index (χ1) is 14.9. The molecule has 0 saturated carbocycles. The number of benzene rings is 2. The predicted molar refractivity (Wildman–Crippen MR) is 113 cm³/mol. The van der Waals surface area contributed by atoms with Gasteiger partial charge in [0, 0.05) is 30.0 Å². The fourth-order valence-electron chi connectivity index (χ4n) is 4.58. The SMILES string of the molecule is CC1(C)CC(=O)C2=C(C1)N(c1cc(C(F)(F)F)ccc1Cl)C(=O)CC2c1ccccc1F. The molecule has 32 heavy (non-hydrogen) atoms. The van der Waals surface area contributed by atoms with Crippen molar-refractivity contribution >= 4 is 29.0 Å². The highest BCUT2D eigenvalue weighted by atomic mass is 35.5. The molecule has 2 aromatic carbocycles. The van der Waals surface area contributed by atoms with Gasteiger partial charge in [0.25, 0.3) is 0 Å². The Hall–Kier alpha value is -2.67. The van der Waals surface area contributed by atoms with Crippen LogP contribution in [0.4, 0.5) is 23.2 Å². The number of rotatable bonds is 2. The zero-order chi connectivity index (χ0) is 23.4. The number of nitrogens with zero attached hydrogens (tertiary/aromatic N) is 1. The van der Waals surface area contributed by atoms with Gasteiger partial charge in [0.05, 0.1) is 16.3 Å². The van der Waals surface area contributed by atoms with Crippen LogP contribution in [0, 0.1) is 11.2 Å². The molecule has 2 aliphatic rings. The molecule has 1 heterocycles. The molecule has 1 aliphatic carbocycles. The molecule has 4 rings (SSSR count). The van der Waals surface area contributed by atoms with Crippen molar-refractivity contribution in [2.45, 2.75) is 45.2 Å². The van der Waals surface area contributed by atoms with Gasteiger partial charge < -0.3 is 0 Å². The Morgan fingerprint density at radius 3 is 2.41 bits per heavy atom. The average Bonchev–Trinajstić information content (AvgIpc) is 2.67. The third-order valence-corrected chi connectivity index (χ3v) is 6.26. The summed E-state index contributed by atoms with van der Waals surface area (Å²) in [5, 5.41) is -0.0432. The van der Waals surface area contributed by atoms with Crippen LogP contribution < -0.4 is 4.90 Å². The van der Waals surface area contributed by atoms with E-state index in [9.17, 15) is 27.2 Å². The van der Waals surface area contributed by atoms with Crippen molar-refractivity contribution in [3.05, 3.63) is 75.7 Å². The molecule has 0 N–H and O–H groups in total. The Labute approximate surface area is 187 Å². The van der Waals surface area contributed by atoms with Crippen molar-refractivity contribution in [2.24, 2.45) is 5.41 Å². The van der Waals surface area contributed by atoms with Crippen LogP contribution in [0.15, 0.2) is 53.7 Å². The van der Waals surface area contributed by atoms with Gasteiger partial charge >= 0.3 is 6.18 Å². The molecule has 1 atom stereocenters. The Morgan fingerprint density at radius 2 is 1.75 bits per heavy atom. The summed E-state index contributed by atoms with van der Waals surface area (Å²) in [6.07, 6.45) is -4.43. The highest BCUT2D eigenvalue weighted by molar-refractivity contribution is 6.34. The number of hydrogen-bond donors (Lipinski definition) is 0. The van der Waals surface area contributed by atoms with Crippen molar-refractivity contribution in [2.75, 3.05) is 4.90 Å². The van der Waals surface area contributed by atoms with Crippen LogP contribution in [-0.2, 0) is 15.8 Å². The number of anilines is 1. The van der Waals surface area contributed by atoms with Crippen LogP contribution in [0.25, 0.3) is 0 Å². The highest BCUT2D eigenvalue weighted by Crippen LogP contribution is 2.50. The minimum atomic E-state index is -4.63. The summed E-state index contributed by atoms with van der Waals surface area (Å²) in [5.41, 5.74) is -0.837. The molecule has 0 aromatic heterocycles. The number of Topliss-reactive ketones (excluding diaryl/α,β-unsaturated/α-hetero) is 1. The topological polar surface area (TPSA) is 37.4 Å². The van der Waals surface area contributed by atoms with Crippen molar-refractivity contribution < 1.29 is 27.2 Å². The Bertz CT molecular complexity index is 1150. The van der Waals surface area contributed by atoms with Crippen molar-refractivity contribution in [3.8, 4) is 0 Å². The van der Waals surface area contributed by atoms with Crippen LogP contribution in [-0.4, -0.2) is 11.7 Å². The van der Waals surface area contributed by atoms with Gasteiger partial charge in [-0.25, -0.2) is 4.39 Å². The van der Waals surface area contributed by atoms with Gasteiger partial charge in [-0.05, 0) is 41.7 Å². The number of alkyl halides is 3. The molecule has 0 radical (unpaired) electrons. The van der Waals surface area contributed by atoms with E-state index in [1.165, 1.54) is 18.2 Å². The van der Waals surface area contributed by atoms with Crippen molar-refractivity contribution in [1.29, 1.82) is 0 Å². The van der Waals surface area contributed by atoms with Gasteiger partial charge in [0.2, 0.25) is 5.91 Å². The van der Waals surface area contributed by atoms with E-state index < -0.39 is 34.8 Å². The van der Waals surface area contributed by atoms with Gasteiger partial charge in [0.15, 0.2) is 5.78 Å². The van der Waals surface area contributed by atoms with E-state index in [0.29, 0.717) is 0 Å². The maximum Gasteiger partial charge on any atom is 0.416 e. The first-order valence-electron chi connectivity index (χ1n) is 10.1. The summed E-state index contributed by atoms with van der Waals surface area (Å²) in [6.45, 7) is 3.69. The molecular formula is C24H20ClF4NO2. The van der Waals surface area contributed by atoms with Gasteiger partial charge in [0.1, 0.15) is 5.82 Å². The summed E-state index contributed by atoms with van der Waals surface area (Å²) in [4.78, 5) is 27.6. The number of carbonyl (C=O) groups excluding carboxylic acids is 2. The maximum atomic E-state index is 14.6. The lowest BCUT2D eigenvalue weighted by Crippen LogP contribution is -2.44. The number of hydrogen-bond acceptors (Lipinski definition) is 2. The fourth-order valence-corrected chi connectivity index (χ4v) is 4.78. The van der Waals surface area contributed by atoms with Gasteiger partial charge in [-0.2, -0.15) is 13.2 Å². The lowest BCUT2D eigenvalue weighted by atomic mass is 9.69. The minimum Gasteiger partial charge on any atom is -0.294 e. The zero-order valence-electron chi connectivity index (χ0n) is 17.4.